The SMILES string of the molecule is CN(C)CCc1cn(C(=O)OC2CCC(N3CCC3)CC2)c2ccccc12. The lowest BCUT2D eigenvalue weighted by Crippen LogP contribution is -2.47. The molecule has 1 aliphatic heterocycles. The number of rotatable bonds is 5. The van der Waals surface area contributed by atoms with Crippen LogP contribution in [0.4, 0.5) is 4.79 Å². The van der Waals surface area contributed by atoms with Crippen molar-refractivity contribution in [2.75, 3.05) is 33.7 Å². The summed E-state index contributed by atoms with van der Waals surface area (Å²) in [5, 5.41) is 1.15. The Morgan fingerprint density at radius 1 is 1.15 bits per heavy atom. The number of benzene rings is 1. The minimum atomic E-state index is -0.227. The van der Waals surface area contributed by atoms with E-state index in [4.69, 9.17) is 4.74 Å². The van der Waals surface area contributed by atoms with E-state index in [1.807, 2.05) is 24.4 Å². The van der Waals surface area contributed by atoms with Gasteiger partial charge in [-0.25, -0.2) is 4.79 Å². The van der Waals surface area contributed by atoms with Crippen LogP contribution in [-0.2, 0) is 11.2 Å². The van der Waals surface area contributed by atoms with Gasteiger partial charge in [0.1, 0.15) is 6.10 Å². The Labute approximate surface area is 161 Å². The fourth-order valence-corrected chi connectivity index (χ4v) is 4.38. The third-order valence-corrected chi connectivity index (χ3v) is 6.14. The topological polar surface area (TPSA) is 37.7 Å². The molecule has 0 bridgehead atoms. The van der Waals surface area contributed by atoms with Gasteiger partial charge in [0.2, 0.25) is 0 Å². The van der Waals surface area contributed by atoms with E-state index in [1.54, 1.807) is 4.57 Å². The summed E-state index contributed by atoms with van der Waals surface area (Å²) in [6.07, 6.45) is 8.34. The standard InChI is InChI=1S/C22H31N3O2/c1-23(2)15-12-17-16-25(21-7-4-3-6-20(17)21)22(26)27-19-10-8-18(9-11-19)24-13-5-14-24/h3-4,6-7,16,18-19H,5,8-15H2,1-2H3. The minimum Gasteiger partial charge on any atom is -0.446 e. The van der Waals surface area contributed by atoms with Crippen LogP contribution >= 0.6 is 0 Å². The molecule has 2 fully saturated rings. The maximum Gasteiger partial charge on any atom is 0.418 e. The highest BCUT2D eigenvalue weighted by molar-refractivity contribution is 5.92. The fourth-order valence-electron chi connectivity index (χ4n) is 4.38. The van der Waals surface area contributed by atoms with E-state index in [2.05, 4.69) is 30.0 Å². The van der Waals surface area contributed by atoms with Crippen molar-refractivity contribution in [1.82, 2.24) is 14.4 Å². The second kappa shape index (κ2) is 8.03. The van der Waals surface area contributed by atoms with Gasteiger partial charge in [0.05, 0.1) is 5.52 Å². The maximum atomic E-state index is 12.9. The second-order valence-electron chi connectivity index (χ2n) is 8.30. The number of likely N-dealkylation sites (N-methyl/N-ethyl adjacent to an activating group) is 1. The summed E-state index contributed by atoms with van der Waals surface area (Å²) < 4.78 is 7.61. The first-order valence-corrected chi connectivity index (χ1v) is 10.3. The Morgan fingerprint density at radius 3 is 2.56 bits per heavy atom. The predicted molar refractivity (Wildman–Crippen MR) is 108 cm³/mol. The van der Waals surface area contributed by atoms with Crippen LogP contribution < -0.4 is 0 Å². The Balaban J connectivity index is 1.43. The van der Waals surface area contributed by atoms with Gasteiger partial charge in [-0.2, -0.15) is 0 Å². The summed E-state index contributed by atoms with van der Waals surface area (Å²) in [7, 11) is 4.15. The lowest BCUT2D eigenvalue weighted by Gasteiger charge is -2.41. The molecule has 1 aromatic carbocycles. The molecule has 0 N–H and O–H groups in total. The van der Waals surface area contributed by atoms with Gasteiger partial charge < -0.3 is 14.5 Å². The summed E-state index contributed by atoms with van der Waals surface area (Å²) in [6.45, 7) is 3.46. The van der Waals surface area contributed by atoms with E-state index in [1.165, 1.54) is 25.1 Å². The Morgan fingerprint density at radius 2 is 1.89 bits per heavy atom. The molecule has 1 saturated carbocycles. The zero-order valence-corrected chi connectivity index (χ0v) is 16.6. The zero-order chi connectivity index (χ0) is 18.8. The van der Waals surface area contributed by atoms with E-state index >= 15 is 0 Å². The summed E-state index contributed by atoms with van der Waals surface area (Å²) in [5.74, 6) is 0. The minimum absolute atomic E-state index is 0.0569. The molecule has 0 spiro atoms. The number of likely N-dealkylation sites (tertiary alicyclic amines) is 1. The number of hydrogen-bond donors (Lipinski definition) is 0. The van der Waals surface area contributed by atoms with Crippen molar-refractivity contribution in [2.24, 2.45) is 0 Å². The number of aromatic nitrogens is 1. The van der Waals surface area contributed by atoms with Crippen LogP contribution in [-0.4, -0.2) is 66.3 Å². The molecule has 2 aliphatic rings. The van der Waals surface area contributed by atoms with Gasteiger partial charge in [-0.15, -0.1) is 0 Å². The Hall–Kier alpha value is -1.85. The zero-order valence-electron chi connectivity index (χ0n) is 16.6. The first-order chi connectivity index (χ1) is 13.1. The molecular weight excluding hydrogens is 338 g/mol. The van der Waals surface area contributed by atoms with Crippen molar-refractivity contribution < 1.29 is 9.53 Å². The molecule has 0 atom stereocenters. The molecule has 5 nitrogen and oxygen atoms in total. The molecule has 1 saturated heterocycles. The molecule has 0 radical (unpaired) electrons. The monoisotopic (exact) mass is 369 g/mol. The van der Waals surface area contributed by atoms with Gasteiger partial charge in [-0.1, -0.05) is 18.2 Å². The van der Waals surface area contributed by atoms with Crippen molar-refractivity contribution in [3.63, 3.8) is 0 Å². The number of nitrogens with zero attached hydrogens (tertiary/aromatic N) is 3. The average Bonchev–Trinajstić information content (AvgIpc) is 2.99. The number of para-hydroxylation sites is 1. The van der Waals surface area contributed by atoms with Crippen LogP contribution in [0.2, 0.25) is 0 Å². The Bertz CT molecular complexity index is 786. The number of carbonyl (C=O) groups is 1. The average molecular weight is 370 g/mol. The van der Waals surface area contributed by atoms with Crippen molar-refractivity contribution in [3.8, 4) is 0 Å². The van der Waals surface area contributed by atoms with Crippen LogP contribution in [0.3, 0.4) is 0 Å². The molecular formula is C22H31N3O2. The third kappa shape index (κ3) is 4.04. The second-order valence-corrected chi connectivity index (χ2v) is 8.30. The molecule has 146 valence electrons. The first-order valence-electron chi connectivity index (χ1n) is 10.3. The van der Waals surface area contributed by atoms with E-state index < -0.39 is 0 Å². The number of carbonyl (C=O) groups excluding carboxylic acids is 1. The van der Waals surface area contributed by atoms with Crippen LogP contribution in [0.1, 0.15) is 37.7 Å². The number of ether oxygens (including phenoxy) is 1. The van der Waals surface area contributed by atoms with Gasteiger partial charge in [0.25, 0.3) is 0 Å². The van der Waals surface area contributed by atoms with Gasteiger partial charge in [-0.05, 0) is 77.3 Å². The van der Waals surface area contributed by atoms with Crippen LogP contribution in [0, 0.1) is 0 Å². The number of hydrogen-bond acceptors (Lipinski definition) is 4. The molecule has 2 heterocycles. The van der Waals surface area contributed by atoms with Gasteiger partial charge in [0.15, 0.2) is 0 Å². The van der Waals surface area contributed by atoms with E-state index in [-0.39, 0.29) is 12.2 Å². The van der Waals surface area contributed by atoms with E-state index in [9.17, 15) is 4.79 Å². The smallest absolute Gasteiger partial charge is 0.418 e. The van der Waals surface area contributed by atoms with Crippen LogP contribution in [0.15, 0.2) is 30.5 Å². The van der Waals surface area contributed by atoms with Gasteiger partial charge in [-0.3, -0.25) is 4.57 Å². The molecule has 0 amide bonds. The molecule has 0 unspecified atom stereocenters. The number of fused-ring (bicyclic) bond motifs is 1. The third-order valence-electron chi connectivity index (χ3n) is 6.14. The van der Waals surface area contributed by atoms with Gasteiger partial charge in [0, 0.05) is 24.2 Å². The van der Waals surface area contributed by atoms with Crippen LogP contribution in [0.5, 0.6) is 0 Å². The van der Waals surface area contributed by atoms with Crippen LogP contribution in [0.25, 0.3) is 10.9 Å². The van der Waals surface area contributed by atoms with Gasteiger partial charge >= 0.3 is 6.09 Å². The molecule has 2 aromatic rings. The fraction of sp³-hybridized carbons (Fsp3) is 0.591. The van der Waals surface area contributed by atoms with Crippen molar-refractivity contribution in [1.29, 1.82) is 0 Å². The lowest BCUT2D eigenvalue weighted by atomic mass is 9.90. The van der Waals surface area contributed by atoms with E-state index in [0.29, 0.717) is 6.04 Å². The highest BCUT2D eigenvalue weighted by Gasteiger charge is 2.30. The normalized spacial score (nSPS) is 23.5. The largest absolute Gasteiger partial charge is 0.446 e. The lowest BCUT2D eigenvalue weighted by molar-refractivity contribution is 0.0307. The summed E-state index contributed by atoms with van der Waals surface area (Å²) in [6, 6.07) is 8.84. The van der Waals surface area contributed by atoms with Crippen molar-refractivity contribution in [3.05, 3.63) is 36.0 Å². The highest BCUT2D eigenvalue weighted by atomic mass is 16.6. The Kier molecular flexibility index (Phi) is 5.50. The van der Waals surface area contributed by atoms with E-state index in [0.717, 1.165) is 49.6 Å². The summed E-state index contributed by atoms with van der Waals surface area (Å²) in [5.41, 5.74) is 2.16. The molecule has 1 aliphatic carbocycles. The van der Waals surface area contributed by atoms with Crippen molar-refractivity contribution >= 4 is 17.0 Å². The highest BCUT2D eigenvalue weighted by Crippen LogP contribution is 2.29. The van der Waals surface area contributed by atoms with Crippen molar-refractivity contribution in [2.45, 2.75) is 50.7 Å². The molecule has 1 aromatic heterocycles. The quantitative estimate of drug-likeness (QED) is 0.805. The first kappa shape index (κ1) is 18.5. The summed E-state index contributed by atoms with van der Waals surface area (Å²) >= 11 is 0. The predicted octanol–water partition coefficient (Wildman–Crippen LogP) is 3.75. The molecule has 5 heteroatoms. The maximum absolute atomic E-state index is 12.9. The molecule has 4 rings (SSSR count). The molecule has 27 heavy (non-hydrogen) atoms. The summed E-state index contributed by atoms with van der Waals surface area (Å²) in [4.78, 5) is 17.6.